The molecule has 1 saturated heterocycles. The van der Waals surface area contributed by atoms with Crippen molar-refractivity contribution in [1.82, 2.24) is 0 Å². The van der Waals surface area contributed by atoms with Crippen molar-refractivity contribution in [3.63, 3.8) is 0 Å². The number of nitro groups is 1. The van der Waals surface area contributed by atoms with Gasteiger partial charge in [-0.05, 0) is 37.3 Å². The van der Waals surface area contributed by atoms with Crippen molar-refractivity contribution in [2.24, 2.45) is 0 Å². The summed E-state index contributed by atoms with van der Waals surface area (Å²) < 4.78 is 10.5. The highest BCUT2D eigenvalue weighted by Gasteiger charge is 2.20. The summed E-state index contributed by atoms with van der Waals surface area (Å²) in [6.07, 6.45) is -1.07. The van der Waals surface area contributed by atoms with Gasteiger partial charge in [0.05, 0.1) is 23.7 Å². The van der Waals surface area contributed by atoms with E-state index in [2.05, 4.69) is 10.2 Å². The number of ether oxygens (including phenoxy) is 2. The van der Waals surface area contributed by atoms with E-state index < -0.39 is 22.9 Å². The lowest BCUT2D eigenvalue weighted by molar-refractivity contribution is -0.384. The molecule has 0 aromatic heterocycles. The Labute approximate surface area is 167 Å². The first-order valence-corrected chi connectivity index (χ1v) is 9.13. The maximum absolute atomic E-state index is 12.3. The van der Waals surface area contributed by atoms with Gasteiger partial charge in [-0.3, -0.25) is 14.9 Å². The van der Waals surface area contributed by atoms with Crippen LogP contribution in [0.4, 0.5) is 17.1 Å². The highest BCUT2D eigenvalue weighted by molar-refractivity contribution is 5.97. The molecule has 0 spiro atoms. The van der Waals surface area contributed by atoms with Gasteiger partial charge in [-0.15, -0.1) is 0 Å². The minimum absolute atomic E-state index is 0.00807. The Hall–Kier alpha value is -3.46. The van der Waals surface area contributed by atoms with Crippen LogP contribution in [-0.4, -0.2) is 49.2 Å². The zero-order chi connectivity index (χ0) is 20.8. The molecule has 152 valence electrons. The van der Waals surface area contributed by atoms with Crippen LogP contribution in [0.5, 0.6) is 0 Å². The Balaban J connectivity index is 1.56. The summed E-state index contributed by atoms with van der Waals surface area (Å²) in [7, 11) is 0. The molecule has 0 radical (unpaired) electrons. The van der Waals surface area contributed by atoms with E-state index in [1.54, 1.807) is 12.1 Å². The second-order valence-electron chi connectivity index (χ2n) is 6.49. The van der Waals surface area contributed by atoms with E-state index in [1.807, 2.05) is 12.1 Å². The minimum atomic E-state index is -1.07. The molecule has 1 amide bonds. The summed E-state index contributed by atoms with van der Waals surface area (Å²) in [4.78, 5) is 36.9. The molecule has 2 aromatic rings. The molecule has 1 heterocycles. The maximum Gasteiger partial charge on any atom is 0.339 e. The van der Waals surface area contributed by atoms with Crippen molar-refractivity contribution >= 4 is 28.9 Å². The highest BCUT2D eigenvalue weighted by atomic mass is 16.6. The van der Waals surface area contributed by atoms with Crippen LogP contribution < -0.4 is 10.2 Å². The number of hydrogen-bond donors (Lipinski definition) is 1. The fraction of sp³-hybridized carbons (Fsp3) is 0.300. The first kappa shape index (κ1) is 20.3. The standard InChI is InChI=1S/C20H21N3O6/c1-14(29-20(25)15-3-2-4-18(13-15)23(26)27)19(24)21-16-5-7-17(8-6-16)22-9-11-28-12-10-22/h2-8,13-14H,9-12H2,1H3,(H,21,24)/t14-/m1/s1. The summed E-state index contributed by atoms with van der Waals surface area (Å²) in [5, 5.41) is 13.5. The average Bonchev–Trinajstić information content (AvgIpc) is 2.75. The predicted molar refractivity (Wildman–Crippen MR) is 106 cm³/mol. The number of morpholine rings is 1. The lowest BCUT2D eigenvalue weighted by atomic mass is 10.2. The highest BCUT2D eigenvalue weighted by Crippen LogP contribution is 2.19. The fourth-order valence-electron chi connectivity index (χ4n) is 2.85. The van der Waals surface area contributed by atoms with Gasteiger partial charge in [0, 0.05) is 36.6 Å². The van der Waals surface area contributed by atoms with Gasteiger partial charge in [-0.1, -0.05) is 6.07 Å². The molecule has 0 aliphatic carbocycles. The summed E-state index contributed by atoms with van der Waals surface area (Å²) in [5.41, 5.74) is 1.40. The molecule has 1 N–H and O–H groups in total. The van der Waals surface area contributed by atoms with Gasteiger partial charge in [0.1, 0.15) is 0 Å². The van der Waals surface area contributed by atoms with Crippen LogP contribution in [0.3, 0.4) is 0 Å². The topological polar surface area (TPSA) is 111 Å². The molecule has 1 atom stereocenters. The fourth-order valence-corrected chi connectivity index (χ4v) is 2.85. The van der Waals surface area contributed by atoms with Crippen molar-refractivity contribution in [2.75, 3.05) is 36.5 Å². The normalized spacial score (nSPS) is 14.7. The average molecular weight is 399 g/mol. The molecule has 9 heteroatoms. The van der Waals surface area contributed by atoms with E-state index in [1.165, 1.54) is 25.1 Å². The first-order valence-electron chi connectivity index (χ1n) is 9.13. The Morgan fingerprint density at radius 3 is 2.52 bits per heavy atom. The zero-order valence-electron chi connectivity index (χ0n) is 15.9. The molecule has 0 unspecified atom stereocenters. The summed E-state index contributed by atoms with van der Waals surface area (Å²) in [6.45, 7) is 4.44. The molecule has 3 rings (SSSR count). The molecule has 9 nitrogen and oxygen atoms in total. The second-order valence-corrected chi connectivity index (χ2v) is 6.49. The van der Waals surface area contributed by atoms with E-state index in [-0.39, 0.29) is 11.3 Å². The van der Waals surface area contributed by atoms with E-state index in [0.717, 1.165) is 24.8 Å². The molecular formula is C20H21N3O6. The van der Waals surface area contributed by atoms with Crippen molar-refractivity contribution in [3.8, 4) is 0 Å². The van der Waals surface area contributed by atoms with Crippen LogP contribution in [0, 0.1) is 10.1 Å². The Morgan fingerprint density at radius 2 is 1.86 bits per heavy atom. The molecule has 2 aromatic carbocycles. The lowest BCUT2D eigenvalue weighted by Crippen LogP contribution is -2.36. The Kier molecular flexibility index (Phi) is 6.40. The largest absolute Gasteiger partial charge is 0.449 e. The predicted octanol–water partition coefficient (Wildman–Crippen LogP) is 2.62. The van der Waals surface area contributed by atoms with Crippen molar-refractivity contribution in [2.45, 2.75) is 13.0 Å². The van der Waals surface area contributed by atoms with Crippen molar-refractivity contribution in [3.05, 3.63) is 64.2 Å². The number of hydrogen-bond acceptors (Lipinski definition) is 7. The minimum Gasteiger partial charge on any atom is -0.449 e. The van der Waals surface area contributed by atoms with Crippen LogP contribution in [0.25, 0.3) is 0 Å². The van der Waals surface area contributed by atoms with Crippen LogP contribution in [0.2, 0.25) is 0 Å². The van der Waals surface area contributed by atoms with Gasteiger partial charge >= 0.3 is 5.97 Å². The second kappa shape index (κ2) is 9.16. The van der Waals surface area contributed by atoms with E-state index in [9.17, 15) is 19.7 Å². The first-order chi connectivity index (χ1) is 13.9. The van der Waals surface area contributed by atoms with Gasteiger partial charge in [0.25, 0.3) is 11.6 Å². The number of amides is 1. The number of rotatable bonds is 6. The molecule has 1 aliphatic rings. The molecular weight excluding hydrogens is 378 g/mol. The summed E-state index contributed by atoms with van der Waals surface area (Å²) in [6, 6.07) is 12.5. The summed E-state index contributed by atoms with van der Waals surface area (Å²) >= 11 is 0. The smallest absolute Gasteiger partial charge is 0.339 e. The quantitative estimate of drug-likeness (QED) is 0.451. The lowest BCUT2D eigenvalue weighted by Gasteiger charge is -2.28. The molecule has 0 bridgehead atoms. The number of carbonyl (C=O) groups excluding carboxylic acids is 2. The Morgan fingerprint density at radius 1 is 1.17 bits per heavy atom. The number of nitrogens with one attached hydrogen (secondary N) is 1. The van der Waals surface area contributed by atoms with Crippen LogP contribution in [0.1, 0.15) is 17.3 Å². The van der Waals surface area contributed by atoms with Gasteiger partial charge in [-0.25, -0.2) is 4.79 Å². The zero-order valence-corrected chi connectivity index (χ0v) is 15.9. The van der Waals surface area contributed by atoms with E-state index in [0.29, 0.717) is 18.9 Å². The maximum atomic E-state index is 12.3. The molecule has 29 heavy (non-hydrogen) atoms. The third-order valence-electron chi connectivity index (χ3n) is 4.46. The van der Waals surface area contributed by atoms with Gasteiger partial charge < -0.3 is 19.7 Å². The number of nitro benzene ring substituents is 1. The monoisotopic (exact) mass is 399 g/mol. The molecule has 1 fully saturated rings. The number of carbonyl (C=O) groups is 2. The Bertz CT molecular complexity index is 893. The number of anilines is 2. The summed E-state index contributed by atoms with van der Waals surface area (Å²) in [5.74, 6) is -1.30. The van der Waals surface area contributed by atoms with Gasteiger partial charge in [0.15, 0.2) is 6.10 Å². The SMILES string of the molecule is C[C@@H](OC(=O)c1cccc([N+](=O)[O-])c1)C(=O)Nc1ccc(N2CCOCC2)cc1. The molecule has 1 aliphatic heterocycles. The number of esters is 1. The van der Waals surface area contributed by atoms with Gasteiger partial charge in [-0.2, -0.15) is 0 Å². The third kappa shape index (κ3) is 5.29. The van der Waals surface area contributed by atoms with Crippen molar-refractivity contribution < 1.29 is 24.0 Å². The number of non-ortho nitro benzene ring substituents is 1. The van der Waals surface area contributed by atoms with E-state index in [4.69, 9.17) is 9.47 Å². The van der Waals surface area contributed by atoms with Crippen LogP contribution >= 0.6 is 0 Å². The van der Waals surface area contributed by atoms with Crippen molar-refractivity contribution in [1.29, 1.82) is 0 Å². The van der Waals surface area contributed by atoms with E-state index >= 15 is 0 Å². The molecule has 0 saturated carbocycles. The number of benzene rings is 2. The number of nitrogens with zero attached hydrogens (tertiary/aromatic N) is 2. The third-order valence-corrected chi connectivity index (χ3v) is 4.46. The van der Waals surface area contributed by atoms with Crippen LogP contribution in [-0.2, 0) is 14.3 Å². The van der Waals surface area contributed by atoms with Gasteiger partial charge in [0.2, 0.25) is 0 Å². The van der Waals surface area contributed by atoms with Crippen LogP contribution in [0.15, 0.2) is 48.5 Å².